The molecule has 0 aromatic heterocycles. The molecule has 0 atom stereocenters. The van der Waals surface area contributed by atoms with Crippen molar-refractivity contribution in [1.29, 1.82) is 0 Å². The van der Waals surface area contributed by atoms with Crippen LogP contribution in [0.2, 0.25) is 5.02 Å². The SMILES string of the molecule is CCC(=O)Nc1cccc(NC(=O)C(C)(C)Cc2ccccc2Cl)c1. The topological polar surface area (TPSA) is 58.2 Å². The van der Waals surface area contributed by atoms with Crippen LogP contribution in [-0.4, -0.2) is 11.8 Å². The van der Waals surface area contributed by atoms with Gasteiger partial charge in [0.15, 0.2) is 0 Å². The molecule has 0 aliphatic heterocycles. The molecule has 0 unspecified atom stereocenters. The van der Waals surface area contributed by atoms with E-state index >= 15 is 0 Å². The van der Waals surface area contributed by atoms with Crippen LogP contribution in [0.25, 0.3) is 0 Å². The molecule has 2 N–H and O–H groups in total. The van der Waals surface area contributed by atoms with E-state index in [1.54, 1.807) is 31.2 Å². The van der Waals surface area contributed by atoms with Crippen molar-refractivity contribution in [3.8, 4) is 0 Å². The molecular weight excluding hydrogens is 336 g/mol. The molecule has 2 aromatic rings. The molecule has 0 saturated heterocycles. The lowest BCUT2D eigenvalue weighted by molar-refractivity contribution is -0.124. The van der Waals surface area contributed by atoms with Crippen LogP contribution >= 0.6 is 11.6 Å². The summed E-state index contributed by atoms with van der Waals surface area (Å²) in [6.45, 7) is 5.56. The van der Waals surface area contributed by atoms with E-state index < -0.39 is 5.41 Å². The Labute approximate surface area is 153 Å². The van der Waals surface area contributed by atoms with Crippen molar-refractivity contribution in [2.24, 2.45) is 5.41 Å². The number of anilines is 2. The molecule has 25 heavy (non-hydrogen) atoms. The summed E-state index contributed by atoms with van der Waals surface area (Å²) in [5.41, 5.74) is 1.61. The van der Waals surface area contributed by atoms with Gasteiger partial charge in [-0.25, -0.2) is 0 Å². The first-order valence-electron chi connectivity index (χ1n) is 8.26. The first-order valence-corrected chi connectivity index (χ1v) is 8.64. The maximum atomic E-state index is 12.7. The second-order valence-electron chi connectivity index (χ2n) is 6.59. The van der Waals surface area contributed by atoms with E-state index in [2.05, 4.69) is 10.6 Å². The molecule has 0 radical (unpaired) electrons. The van der Waals surface area contributed by atoms with Gasteiger partial charge in [0, 0.05) is 28.2 Å². The fraction of sp³-hybridized carbons (Fsp3) is 0.300. The number of halogens is 1. The van der Waals surface area contributed by atoms with E-state index in [1.807, 2.05) is 38.1 Å². The van der Waals surface area contributed by atoms with E-state index in [-0.39, 0.29) is 11.8 Å². The fourth-order valence-corrected chi connectivity index (χ4v) is 2.63. The highest BCUT2D eigenvalue weighted by molar-refractivity contribution is 6.31. The molecule has 0 bridgehead atoms. The van der Waals surface area contributed by atoms with Crippen LogP contribution in [0.15, 0.2) is 48.5 Å². The molecular formula is C20H23ClN2O2. The molecule has 132 valence electrons. The molecule has 5 heteroatoms. The largest absolute Gasteiger partial charge is 0.326 e. The zero-order valence-corrected chi connectivity index (χ0v) is 15.5. The van der Waals surface area contributed by atoms with E-state index in [4.69, 9.17) is 11.6 Å². The van der Waals surface area contributed by atoms with E-state index in [0.29, 0.717) is 29.2 Å². The molecule has 2 rings (SSSR count). The van der Waals surface area contributed by atoms with Crippen LogP contribution in [0, 0.1) is 5.41 Å². The highest BCUT2D eigenvalue weighted by Gasteiger charge is 2.28. The number of benzene rings is 2. The fourth-order valence-electron chi connectivity index (χ4n) is 2.42. The number of nitrogens with one attached hydrogen (secondary N) is 2. The van der Waals surface area contributed by atoms with Gasteiger partial charge in [-0.05, 0) is 36.2 Å². The van der Waals surface area contributed by atoms with Crippen molar-refractivity contribution >= 4 is 34.8 Å². The van der Waals surface area contributed by atoms with Gasteiger partial charge >= 0.3 is 0 Å². The van der Waals surface area contributed by atoms with Gasteiger partial charge in [-0.15, -0.1) is 0 Å². The van der Waals surface area contributed by atoms with Crippen molar-refractivity contribution in [2.45, 2.75) is 33.6 Å². The molecule has 4 nitrogen and oxygen atoms in total. The average Bonchev–Trinajstić information content (AvgIpc) is 2.57. The monoisotopic (exact) mass is 358 g/mol. The summed E-state index contributed by atoms with van der Waals surface area (Å²) < 4.78 is 0. The Kier molecular flexibility index (Phi) is 6.21. The van der Waals surface area contributed by atoms with Crippen molar-refractivity contribution in [3.05, 3.63) is 59.1 Å². The smallest absolute Gasteiger partial charge is 0.230 e. The van der Waals surface area contributed by atoms with Gasteiger partial charge < -0.3 is 10.6 Å². The third kappa shape index (κ3) is 5.33. The quantitative estimate of drug-likeness (QED) is 0.771. The summed E-state index contributed by atoms with van der Waals surface area (Å²) >= 11 is 6.21. The summed E-state index contributed by atoms with van der Waals surface area (Å²) in [7, 11) is 0. The second-order valence-corrected chi connectivity index (χ2v) is 7.00. The number of carbonyl (C=O) groups excluding carboxylic acids is 2. The van der Waals surface area contributed by atoms with E-state index in [9.17, 15) is 9.59 Å². The van der Waals surface area contributed by atoms with Gasteiger partial charge in [-0.3, -0.25) is 9.59 Å². The minimum absolute atomic E-state index is 0.0671. The summed E-state index contributed by atoms with van der Waals surface area (Å²) in [5.74, 6) is -0.172. The van der Waals surface area contributed by atoms with Gasteiger partial charge in [0.05, 0.1) is 0 Å². The molecule has 0 saturated carbocycles. The summed E-state index contributed by atoms with van der Waals surface area (Å²) in [4.78, 5) is 24.2. The van der Waals surface area contributed by atoms with Gasteiger partial charge in [-0.2, -0.15) is 0 Å². The Morgan fingerprint density at radius 2 is 1.64 bits per heavy atom. The summed E-state index contributed by atoms with van der Waals surface area (Å²) in [6, 6.07) is 14.7. The Morgan fingerprint density at radius 3 is 2.28 bits per heavy atom. The van der Waals surface area contributed by atoms with Crippen molar-refractivity contribution < 1.29 is 9.59 Å². The normalized spacial score (nSPS) is 11.0. The molecule has 0 heterocycles. The van der Waals surface area contributed by atoms with Crippen LogP contribution < -0.4 is 10.6 Å². The number of amides is 2. The zero-order chi connectivity index (χ0) is 18.4. The Bertz CT molecular complexity index is 772. The molecule has 0 spiro atoms. The molecule has 0 fully saturated rings. The van der Waals surface area contributed by atoms with E-state index in [1.165, 1.54) is 0 Å². The maximum Gasteiger partial charge on any atom is 0.230 e. The lowest BCUT2D eigenvalue weighted by atomic mass is 9.84. The maximum absolute atomic E-state index is 12.7. The third-order valence-corrected chi connectivity index (χ3v) is 4.30. The van der Waals surface area contributed by atoms with Crippen molar-refractivity contribution in [3.63, 3.8) is 0 Å². The summed E-state index contributed by atoms with van der Waals surface area (Å²) in [6.07, 6.45) is 0.937. The Balaban J connectivity index is 2.09. The van der Waals surface area contributed by atoms with Crippen LogP contribution in [0.1, 0.15) is 32.8 Å². The summed E-state index contributed by atoms with van der Waals surface area (Å²) in [5, 5.41) is 6.36. The predicted octanol–water partition coefficient (Wildman–Crippen LogP) is 4.90. The highest BCUT2D eigenvalue weighted by atomic mass is 35.5. The minimum atomic E-state index is -0.631. The predicted molar refractivity (Wildman–Crippen MR) is 103 cm³/mol. The molecule has 2 amide bonds. The van der Waals surface area contributed by atoms with Crippen molar-refractivity contribution in [2.75, 3.05) is 10.6 Å². The Morgan fingerprint density at radius 1 is 1.00 bits per heavy atom. The van der Waals surface area contributed by atoms with Crippen LogP contribution in [0.3, 0.4) is 0 Å². The van der Waals surface area contributed by atoms with Gasteiger partial charge in [0.2, 0.25) is 11.8 Å². The molecule has 0 aliphatic rings. The minimum Gasteiger partial charge on any atom is -0.326 e. The Hall–Kier alpha value is -2.33. The van der Waals surface area contributed by atoms with Crippen LogP contribution in [-0.2, 0) is 16.0 Å². The number of carbonyl (C=O) groups is 2. The number of hydrogen-bond acceptors (Lipinski definition) is 2. The average molecular weight is 359 g/mol. The lowest BCUT2D eigenvalue weighted by Crippen LogP contribution is -2.32. The molecule has 2 aromatic carbocycles. The van der Waals surface area contributed by atoms with Crippen LogP contribution in [0.4, 0.5) is 11.4 Å². The van der Waals surface area contributed by atoms with Gasteiger partial charge in [0.1, 0.15) is 0 Å². The number of hydrogen-bond donors (Lipinski definition) is 2. The first kappa shape index (κ1) is 19.0. The standard InChI is InChI=1S/C20H23ClN2O2/c1-4-18(24)22-15-9-7-10-16(12-15)23-19(25)20(2,3)13-14-8-5-6-11-17(14)21/h5-12H,4,13H2,1-3H3,(H,22,24)(H,23,25). The number of rotatable bonds is 6. The van der Waals surface area contributed by atoms with Crippen LogP contribution in [0.5, 0.6) is 0 Å². The van der Waals surface area contributed by atoms with Crippen molar-refractivity contribution in [1.82, 2.24) is 0 Å². The zero-order valence-electron chi connectivity index (χ0n) is 14.7. The first-order chi connectivity index (χ1) is 11.8. The highest BCUT2D eigenvalue weighted by Crippen LogP contribution is 2.28. The van der Waals surface area contributed by atoms with Gasteiger partial charge in [-0.1, -0.05) is 56.6 Å². The van der Waals surface area contributed by atoms with Gasteiger partial charge in [0.25, 0.3) is 0 Å². The van der Waals surface area contributed by atoms with E-state index in [0.717, 1.165) is 5.56 Å². The third-order valence-electron chi connectivity index (χ3n) is 3.93. The molecule has 0 aliphatic carbocycles. The lowest BCUT2D eigenvalue weighted by Gasteiger charge is -2.24. The second kappa shape index (κ2) is 8.17.